The molecule has 0 bridgehead atoms. The molecule has 1 N–H and O–H groups in total. The number of aryl methyl sites for hydroxylation is 2. The quantitative estimate of drug-likeness (QED) is 0.837. The topological polar surface area (TPSA) is 98.7 Å². The van der Waals surface area contributed by atoms with Crippen molar-refractivity contribution in [3.63, 3.8) is 0 Å². The standard InChI is InChI=1S/C11H16N6O2/c1-4-9-8(6-16(3)13-9)10-12-14-15-17(10)5-7(2)11(18)19/h6-7H,4-5H2,1-3H3,(H,18,19). The van der Waals surface area contributed by atoms with Gasteiger partial charge in [0.15, 0.2) is 5.82 Å². The van der Waals surface area contributed by atoms with Gasteiger partial charge in [0.2, 0.25) is 0 Å². The van der Waals surface area contributed by atoms with Crippen LogP contribution in [0.25, 0.3) is 11.4 Å². The van der Waals surface area contributed by atoms with Crippen LogP contribution in [0.2, 0.25) is 0 Å². The molecule has 2 heterocycles. The number of aromatic nitrogens is 6. The first kappa shape index (κ1) is 13.2. The Labute approximate surface area is 110 Å². The van der Waals surface area contributed by atoms with Crippen LogP contribution in [0.15, 0.2) is 6.20 Å². The molecular weight excluding hydrogens is 248 g/mol. The van der Waals surface area contributed by atoms with Gasteiger partial charge in [0.25, 0.3) is 0 Å². The van der Waals surface area contributed by atoms with Crippen LogP contribution in [0, 0.1) is 5.92 Å². The maximum Gasteiger partial charge on any atom is 0.308 e. The van der Waals surface area contributed by atoms with E-state index in [1.54, 1.807) is 11.6 Å². The van der Waals surface area contributed by atoms with Gasteiger partial charge in [-0.2, -0.15) is 5.10 Å². The van der Waals surface area contributed by atoms with Crippen molar-refractivity contribution in [1.82, 2.24) is 30.0 Å². The summed E-state index contributed by atoms with van der Waals surface area (Å²) < 4.78 is 3.21. The molecule has 1 unspecified atom stereocenters. The minimum atomic E-state index is -0.872. The summed E-state index contributed by atoms with van der Waals surface area (Å²) in [4.78, 5) is 10.9. The molecule has 0 radical (unpaired) electrons. The van der Waals surface area contributed by atoms with Gasteiger partial charge in [0.05, 0.1) is 23.7 Å². The van der Waals surface area contributed by atoms with E-state index in [0.717, 1.165) is 17.7 Å². The molecule has 0 aliphatic carbocycles. The zero-order valence-electron chi connectivity index (χ0n) is 11.1. The van der Waals surface area contributed by atoms with Crippen molar-refractivity contribution >= 4 is 5.97 Å². The lowest BCUT2D eigenvalue weighted by molar-refractivity contribution is -0.141. The third-order valence-electron chi connectivity index (χ3n) is 2.88. The Kier molecular flexibility index (Phi) is 3.59. The van der Waals surface area contributed by atoms with Gasteiger partial charge in [0, 0.05) is 13.2 Å². The van der Waals surface area contributed by atoms with Gasteiger partial charge in [-0.1, -0.05) is 13.8 Å². The van der Waals surface area contributed by atoms with Crippen LogP contribution in [0.3, 0.4) is 0 Å². The average molecular weight is 264 g/mol. The minimum absolute atomic E-state index is 0.232. The highest BCUT2D eigenvalue weighted by Crippen LogP contribution is 2.20. The Hall–Kier alpha value is -2.25. The van der Waals surface area contributed by atoms with E-state index < -0.39 is 11.9 Å². The van der Waals surface area contributed by atoms with Crippen molar-refractivity contribution in [3.05, 3.63) is 11.9 Å². The molecule has 0 amide bonds. The maximum absolute atomic E-state index is 10.9. The normalized spacial score (nSPS) is 12.6. The monoisotopic (exact) mass is 264 g/mol. The molecule has 8 nitrogen and oxygen atoms in total. The Morgan fingerprint density at radius 1 is 1.53 bits per heavy atom. The smallest absolute Gasteiger partial charge is 0.308 e. The number of aliphatic carboxylic acids is 1. The van der Waals surface area contributed by atoms with Crippen LogP contribution < -0.4 is 0 Å². The molecule has 0 aliphatic heterocycles. The van der Waals surface area contributed by atoms with E-state index in [1.807, 2.05) is 20.2 Å². The van der Waals surface area contributed by atoms with Crippen molar-refractivity contribution in [3.8, 4) is 11.4 Å². The number of hydrogen-bond acceptors (Lipinski definition) is 5. The Morgan fingerprint density at radius 3 is 2.89 bits per heavy atom. The van der Waals surface area contributed by atoms with E-state index in [0.29, 0.717) is 5.82 Å². The number of rotatable bonds is 5. The fourth-order valence-corrected chi connectivity index (χ4v) is 1.84. The van der Waals surface area contributed by atoms with Crippen molar-refractivity contribution < 1.29 is 9.90 Å². The van der Waals surface area contributed by atoms with Gasteiger partial charge in [-0.15, -0.1) is 5.10 Å². The number of hydrogen-bond donors (Lipinski definition) is 1. The third kappa shape index (κ3) is 2.61. The molecule has 0 spiro atoms. The SMILES string of the molecule is CCc1nn(C)cc1-c1nnnn1CC(C)C(=O)O. The van der Waals surface area contributed by atoms with E-state index in [2.05, 4.69) is 20.6 Å². The summed E-state index contributed by atoms with van der Waals surface area (Å²) in [5.41, 5.74) is 1.73. The number of tetrazole rings is 1. The zero-order valence-corrected chi connectivity index (χ0v) is 11.1. The lowest BCUT2D eigenvalue weighted by atomic mass is 10.1. The molecule has 2 aromatic rings. The molecule has 2 rings (SSSR count). The van der Waals surface area contributed by atoms with Crippen LogP contribution in [0.4, 0.5) is 0 Å². The molecule has 2 aromatic heterocycles. The predicted octanol–water partition coefficient (Wildman–Crippen LogP) is 0.357. The summed E-state index contributed by atoms with van der Waals surface area (Å²) in [6, 6.07) is 0. The predicted molar refractivity (Wildman–Crippen MR) is 66.2 cm³/mol. The molecule has 19 heavy (non-hydrogen) atoms. The second-order valence-electron chi connectivity index (χ2n) is 4.44. The van der Waals surface area contributed by atoms with Gasteiger partial charge in [-0.3, -0.25) is 9.48 Å². The van der Waals surface area contributed by atoms with Gasteiger partial charge >= 0.3 is 5.97 Å². The lowest BCUT2D eigenvalue weighted by Crippen LogP contribution is -2.18. The average Bonchev–Trinajstić information content (AvgIpc) is 2.94. The summed E-state index contributed by atoms with van der Waals surface area (Å²) in [5.74, 6) is -0.870. The van der Waals surface area contributed by atoms with E-state index >= 15 is 0 Å². The number of carboxylic acid groups (broad SMARTS) is 1. The zero-order chi connectivity index (χ0) is 14.0. The first-order valence-corrected chi connectivity index (χ1v) is 6.04. The summed E-state index contributed by atoms with van der Waals surface area (Å²) >= 11 is 0. The maximum atomic E-state index is 10.9. The van der Waals surface area contributed by atoms with Gasteiger partial charge < -0.3 is 5.11 Å². The van der Waals surface area contributed by atoms with Gasteiger partial charge in [-0.25, -0.2) is 4.68 Å². The number of nitrogens with zero attached hydrogens (tertiary/aromatic N) is 6. The van der Waals surface area contributed by atoms with Gasteiger partial charge in [0.1, 0.15) is 0 Å². The fourth-order valence-electron chi connectivity index (χ4n) is 1.84. The van der Waals surface area contributed by atoms with Crippen LogP contribution in [-0.4, -0.2) is 41.1 Å². The van der Waals surface area contributed by atoms with Crippen molar-refractivity contribution in [2.45, 2.75) is 26.8 Å². The van der Waals surface area contributed by atoms with Crippen LogP contribution in [0.1, 0.15) is 19.5 Å². The van der Waals surface area contributed by atoms with E-state index in [9.17, 15) is 4.79 Å². The van der Waals surface area contributed by atoms with Crippen LogP contribution >= 0.6 is 0 Å². The van der Waals surface area contributed by atoms with Gasteiger partial charge in [-0.05, 0) is 16.8 Å². The Balaban J connectivity index is 2.35. The first-order chi connectivity index (χ1) is 9.02. The van der Waals surface area contributed by atoms with E-state index in [1.165, 1.54) is 4.68 Å². The molecule has 0 aliphatic rings. The fraction of sp³-hybridized carbons (Fsp3) is 0.545. The number of carboxylic acids is 1. The highest BCUT2D eigenvalue weighted by Gasteiger charge is 2.19. The number of carbonyl (C=O) groups is 1. The minimum Gasteiger partial charge on any atom is -0.481 e. The van der Waals surface area contributed by atoms with E-state index in [4.69, 9.17) is 5.11 Å². The molecule has 102 valence electrons. The molecule has 0 aromatic carbocycles. The molecule has 0 saturated heterocycles. The Morgan fingerprint density at radius 2 is 2.26 bits per heavy atom. The molecule has 0 saturated carbocycles. The molecule has 1 atom stereocenters. The highest BCUT2D eigenvalue weighted by atomic mass is 16.4. The van der Waals surface area contributed by atoms with Crippen molar-refractivity contribution in [2.24, 2.45) is 13.0 Å². The summed E-state index contributed by atoms with van der Waals surface area (Å²) in [7, 11) is 1.83. The van der Waals surface area contributed by atoms with Crippen molar-refractivity contribution in [2.75, 3.05) is 0 Å². The Bertz CT molecular complexity index is 588. The first-order valence-electron chi connectivity index (χ1n) is 6.04. The van der Waals surface area contributed by atoms with Crippen LogP contribution in [-0.2, 0) is 24.8 Å². The lowest BCUT2D eigenvalue weighted by Gasteiger charge is -2.07. The summed E-state index contributed by atoms with van der Waals surface area (Å²) in [5, 5.41) is 24.7. The second-order valence-corrected chi connectivity index (χ2v) is 4.44. The van der Waals surface area contributed by atoms with Crippen LogP contribution in [0.5, 0.6) is 0 Å². The summed E-state index contributed by atoms with van der Waals surface area (Å²) in [6.07, 6.45) is 2.60. The van der Waals surface area contributed by atoms with Crippen molar-refractivity contribution in [1.29, 1.82) is 0 Å². The third-order valence-corrected chi connectivity index (χ3v) is 2.88. The highest BCUT2D eigenvalue weighted by molar-refractivity contribution is 5.69. The molecule has 8 heteroatoms. The van der Waals surface area contributed by atoms with E-state index in [-0.39, 0.29) is 6.54 Å². The second kappa shape index (κ2) is 5.17. The molecular formula is C11H16N6O2. The summed E-state index contributed by atoms with van der Waals surface area (Å²) in [6.45, 7) is 3.85. The molecule has 0 fully saturated rings. The largest absolute Gasteiger partial charge is 0.481 e.